The molecule has 0 saturated carbocycles. The summed E-state index contributed by atoms with van der Waals surface area (Å²) in [7, 11) is 0. The van der Waals surface area contributed by atoms with Crippen LogP contribution < -0.4 is 5.32 Å². The number of carboxylic acids is 2. The Kier molecular flexibility index (Phi) is 8.59. The van der Waals surface area contributed by atoms with Gasteiger partial charge in [0.25, 0.3) is 0 Å². The van der Waals surface area contributed by atoms with Gasteiger partial charge in [0.2, 0.25) is 0 Å². The van der Waals surface area contributed by atoms with Crippen LogP contribution in [0.5, 0.6) is 0 Å². The molecule has 3 heterocycles. The Morgan fingerprint density at radius 3 is 2.22 bits per heavy atom. The van der Waals surface area contributed by atoms with E-state index in [-0.39, 0.29) is 17.2 Å². The number of nitrogens with zero attached hydrogens (tertiary/aromatic N) is 1. The highest BCUT2D eigenvalue weighted by Gasteiger charge is 2.47. The Balaban J connectivity index is 1.60. The van der Waals surface area contributed by atoms with Crippen LogP contribution in [-0.4, -0.2) is 92.1 Å². The Labute approximate surface area is 261 Å². The van der Waals surface area contributed by atoms with Crippen LogP contribution in [0.3, 0.4) is 0 Å². The lowest BCUT2D eigenvalue weighted by Gasteiger charge is -2.39. The first-order valence-electron chi connectivity index (χ1n) is 14.7. The monoisotopic (exact) mass is 633 g/mol. The third-order valence-corrected chi connectivity index (χ3v) is 8.60. The highest BCUT2D eigenvalue weighted by Crippen LogP contribution is 2.45. The molecule has 240 valence electrons. The van der Waals surface area contributed by atoms with Crippen LogP contribution in [0.25, 0.3) is 27.7 Å². The number of aromatic carboxylic acids is 1. The van der Waals surface area contributed by atoms with Gasteiger partial charge < -0.3 is 50.3 Å². The maximum absolute atomic E-state index is 14.1. The highest BCUT2D eigenvalue weighted by molar-refractivity contribution is 6.05. The van der Waals surface area contributed by atoms with Crippen molar-refractivity contribution in [2.45, 2.75) is 49.4 Å². The summed E-state index contributed by atoms with van der Waals surface area (Å²) in [6.07, 6.45) is -6.30. The highest BCUT2D eigenvalue weighted by atomic mass is 19.1. The minimum Gasteiger partial charge on any atom is -0.479 e. The number of anilines is 1. The molecule has 6 rings (SSSR count). The van der Waals surface area contributed by atoms with Gasteiger partial charge in [0.15, 0.2) is 12.3 Å². The lowest BCUT2D eigenvalue weighted by molar-refractivity contribution is -0.221. The van der Waals surface area contributed by atoms with Crippen molar-refractivity contribution in [2.24, 2.45) is 0 Å². The first-order chi connectivity index (χ1) is 22.1. The molecule has 0 radical (unpaired) electrons. The zero-order valence-corrected chi connectivity index (χ0v) is 24.3. The third-order valence-electron chi connectivity index (χ3n) is 8.60. The van der Waals surface area contributed by atoms with Crippen molar-refractivity contribution in [1.29, 1.82) is 5.41 Å². The first kappa shape index (κ1) is 31.3. The second-order valence-corrected chi connectivity index (χ2v) is 11.4. The third kappa shape index (κ3) is 5.63. The van der Waals surface area contributed by atoms with E-state index in [9.17, 15) is 39.5 Å². The molecule has 4 aromatic rings. The number of hydrogen-bond acceptors (Lipinski definition) is 9. The van der Waals surface area contributed by atoms with Crippen molar-refractivity contribution in [3.63, 3.8) is 0 Å². The minimum atomic E-state index is -1.87. The fraction of sp³-hybridized carbons (Fsp3) is 0.303. The predicted molar refractivity (Wildman–Crippen MR) is 164 cm³/mol. The fourth-order valence-electron chi connectivity index (χ4n) is 6.28. The largest absolute Gasteiger partial charge is 0.479 e. The molecule has 3 aromatic carbocycles. The SMILES string of the molecule is N=Cc1cc2c(cc1N[C@@H]1O[C@H](C(=O)O)[C@@H](O)[C@H](O)[C@H]1O)c(-c1ccc(C(=O)O)cc1)c(C1CCOCC1)n2-c1ccc(F)cc1. The number of halogens is 1. The average molecular weight is 634 g/mol. The number of fused-ring (bicyclic) bond motifs is 1. The van der Waals surface area contributed by atoms with Crippen LogP contribution in [-0.2, 0) is 14.3 Å². The van der Waals surface area contributed by atoms with E-state index in [2.05, 4.69) is 5.32 Å². The van der Waals surface area contributed by atoms with Gasteiger partial charge in [0.05, 0.1) is 11.1 Å². The van der Waals surface area contributed by atoms with E-state index in [1.54, 1.807) is 36.4 Å². The van der Waals surface area contributed by atoms with E-state index < -0.39 is 48.4 Å². The van der Waals surface area contributed by atoms with Crippen LogP contribution in [0.15, 0.2) is 60.7 Å². The molecule has 2 fully saturated rings. The summed E-state index contributed by atoms with van der Waals surface area (Å²) in [4.78, 5) is 23.4. The van der Waals surface area contributed by atoms with Crippen molar-refractivity contribution in [3.8, 4) is 16.8 Å². The molecule has 2 saturated heterocycles. The number of aliphatic hydroxyl groups is 3. The van der Waals surface area contributed by atoms with Crippen LogP contribution >= 0.6 is 0 Å². The van der Waals surface area contributed by atoms with Crippen molar-refractivity contribution < 1.29 is 49.0 Å². The first-order valence-corrected chi connectivity index (χ1v) is 14.7. The van der Waals surface area contributed by atoms with Crippen LogP contribution in [0, 0.1) is 11.2 Å². The number of carbonyl (C=O) groups is 2. The summed E-state index contributed by atoms with van der Waals surface area (Å²) in [5.41, 5.74) is 4.32. The quantitative estimate of drug-likeness (QED) is 0.142. The molecule has 0 bridgehead atoms. The standard InChI is InChI=1S/C33H32FN3O9/c34-20-5-7-21(8-6-20)37-24-13-19(15-35)23(36-31-29(40)27(38)28(39)30(46-31)33(43)44)14-22(24)25(26(37)17-9-11-45-12-10-17)16-1-3-18(4-2-16)32(41)42/h1-8,13-15,17,27-31,35-36,38-40H,9-12H2,(H,41,42)(H,43,44)/t27-,28-,29+,30-,31+/m0/s1. The van der Waals surface area contributed by atoms with Gasteiger partial charge in [-0.25, -0.2) is 14.0 Å². The Hall–Kier alpha value is -4.66. The summed E-state index contributed by atoms with van der Waals surface area (Å²) in [6, 6.07) is 15.8. The van der Waals surface area contributed by atoms with Crippen molar-refractivity contribution in [2.75, 3.05) is 18.5 Å². The van der Waals surface area contributed by atoms with Crippen molar-refractivity contribution in [3.05, 3.63) is 83.3 Å². The molecule has 1 aromatic heterocycles. The van der Waals surface area contributed by atoms with Crippen molar-refractivity contribution >= 4 is 34.7 Å². The molecule has 7 N–H and O–H groups in total. The maximum Gasteiger partial charge on any atom is 0.335 e. The van der Waals surface area contributed by atoms with E-state index in [4.69, 9.17) is 14.9 Å². The van der Waals surface area contributed by atoms with Gasteiger partial charge >= 0.3 is 11.9 Å². The molecule has 0 spiro atoms. The van der Waals surface area contributed by atoms with Gasteiger partial charge in [0, 0.05) is 58.9 Å². The van der Waals surface area contributed by atoms with Gasteiger partial charge in [-0.3, -0.25) is 0 Å². The summed E-state index contributed by atoms with van der Waals surface area (Å²) in [5.74, 6) is -3.04. The number of aliphatic carboxylic acids is 1. The Morgan fingerprint density at radius 2 is 1.61 bits per heavy atom. The smallest absolute Gasteiger partial charge is 0.335 e. The molecule has 5 atom stereocenters. The molecule has 2 aliphatic heterocycles. The van der Waals surface area contributed by atoms with E-state index in [1.807, 2.05) is 4.57 Å². The zero-order valence-electron chi connectivity index (χ0n) is 24.3. The number of carboxylic acid groups (broad SMARTS) is 2. The van der Waals surface area contributed by atoms with Gasteiger partial charge in [-0.15, -0.1) is 0 Å². The molecule has 0 unspecified atom stereocenters. The second-order valence-electron chi connectivity index (χ2n) is 11.4. The number of hydrogen-bond donors (Lipinski definition) is 7. The lowest BCUT2D eigenvalue weighted by Crippen LogP contribution is -2.61. The number of ether oxygens (including phenoxy) is 2. The molecule has 13 heteroatoms. The van der Waals surface area contributed by atoms with Crippen molar-refractivity contribution in [1.82, 2.24) is 4.57 Å². The van der Waals surface area contributed by atoms with E-state index in [0.29, 0.717) is 53.8 Å². The second kappa shape index (κ2) is 12.6. The topological polar surface area (TPSA) is 195 Å². The van der Waals surface area contributed by atoms with Crippen LogP contribution in [0.1, 0.15) is 40.4 Å². The molecule has 2 aliphatic rings. The fourth-order valence-corrected chi connectivity index (χ4v) is 6.28. The van der Waals surface area contributed by atoms with Crippen LogP contribution in [0.4, 0.5) is 10.1 Å². The van der Waals surface area contributed by atoms with E-state index in [0.717, 1.165) is 17.5 Å². The zero-order chi connectivity index (χ0) is 32.7. The summed E-state index contributed by atoms with van der Waals surface area (Å²) in [6.45, 7) is 1.03. The molecule has 46 heavy (non-hydrogen) atoms. The maximum atomic E-state index is 14.1. The number of aromatic nitrogens is 1. The van der Waals surface area contributed by atoms with Gasteiger partial charge in [-0.05, 0) is 66.9 Å². The summed E-state index contributed by atoms with van der Waals surface area (Å²) in [5, 5.41) is 62.1. The summed E-state index contributed by atoms with van der Waals surface area (Å²) < 4.78 is 27.2. The number of nitrogens with one attached hydrogen (secondary N) is 2. The molecule has 0 amide bonds. The van der Waals surface area contributed by atoms with E-state index in [1.165, 1.54) is 24.3 Å². The molecular weight excluding hydrogens is 601 g/mol. The number of benzene rings is 3. The number of aliphatic hydroxyl groups excluding tert-OH is 3. The van der Waals surface area contributed by atoms with Gasteiger partial charge in [0.1, 0.15) is 24.1 Å². The normalized spacial score (nSPS) is 23.7. The molecule has 12 nitrogen and oxygen atoms in total. The van der Waals surface area contributed by atoms with Gasteiger partial charge in [-0.2, -0.15) is 0 Å². The number of rotatable bonds is 8. The summed E-state index contributed by atoms with van der Waals surface area (Å²) >= 11 is 0. The molecule has 0 aliphatic carbocycles. The molecular formula is C33H32FN3O9. The Morgan fingerprint density at radius 1 is 0.935 bits per heavy atom. The van der Waals surface area contributed by atoms with Crippen LogP contribution in [0.2, 0.25) is 0 Å². The predicted octanol–water partition coefficient (Wildman–Crippen LogP) is 3.33. The van der Waals surface area contributed by atoms with Gasteiger partial charge in [-0.1, -0.05) is 12.1 Å². The van der Waals surface area contributed by atoms with E-state index >= 15 is 0 Å². The minimum absolute atomic E-state index is 0.0170. The average Bonchev–Trinajstić information content (AvgIpc) is 3.39. The lowest BCUT2D eigenvalue weighted by atomic mass is 9.89. The Bertz CT molecular complexity index is 1790.